The summed E-state index contributed by atoms with van der Waals surface area (Å²) >= 11 is 0. The number of para-hydroxylation sites is 1. The number of amides is 2. The minimum atomic E-state index is -0.282. The van der Waals surface area contributed by atoms with Crippen LogP contribution in [0.25, 0.3) is 0 Å². The molecule has 10 nitrogen and oxygen atoms in total. The van der Waals surface area contributed by atoms with Gasteiger partial charge in [-0.2, -0.15) is 5.10 Å². The Morgan fingerprint density at radius 1 is 0.953 bits per heavy atom. The van der Waals surface area contributed by atoms with Gasteiger partial charge in [-0.15, -0.1) is 0 Å². The zero-order valence-corrected chi connectivity index (χ0v) is 24.2. The number of hydrogen-bond donors (Lipinski definition) is 3. The van der Waals surface area contributed by atoms with E-state index in [1.807, 2.05) is 54.6 Å². The number of carbonyl (C=O) groups is 2. The summed E-state index contributed by atoms with van der Waals surface area (Å²) in [5.74, 6) is 2.34. The Balaban J connectivity index is 0.975. The van der Waals surface area contributed by atoms with Gasteiger partial charge in [0.05, 0.1) is 31.8 Å². The summed E-state index contributed by atoms with van der Waals surface area (Å²) in [6.45, 7) is 4.59. The van der Waals surface area contributed by atoms with E-state index in [2.05, 4.69) is 32.8 Å². The van der Waals surface area contributed by atoms with Crippen LogP contribution in [0.1, 0.15) is 33.6 Å². The zero-order valence-electron chi connectivity index (χ0n) is 24.2. The molecule has 0 spiro atoms. The number of nitrogens with zero attached hydrogens (tertiary/aromatic N) is 3. The Kier molecular flexibility index (Phi) is 8.67. The SMILES string of the molecule is CN1CCNC(CCOc2ccc(CC(=O)N3Cc4[nH]nc(NC(=O)c5ccc(Oc6ccccc6)cc5)c4C3)cc2)C1. The molecule has 1 fully saturated rings. The molecule has 2 amide bonds. The Morgan fingerprint density at radius 3 is 2.47 bits per heavy atom. The predicted octanol–water partition coefficient (Wildman–Crippen LogP) is 4.21. The monoisotopic (exact) mass is 580 g/mol. The van der Waals surface area contributed by atoms with Crippen molar-refractivity contribution in [2.75, 3.05) is 38.6 Å². The van der Waals surface area contributed by atoms with Crippen LogP contribution in [0.4, 0.5) is 5.82 Å². The molecule has 0 radical (unpaired) electrons. The molecule has 1 aromatic heterocycles. The summed E-state index contributed by atoms with van der Waals surface area (Å²) in [5.41, 5.74) is 3.06. The lowest BCUT2D eigenvalue weighted by atomic mass is 10.1. The Morgan fingerprint density at radius 2 is 1.70 bits per heavy atom. The molecule has 43 heavy (non-hydrogen) atoms. The van der Waals surface area contributed by atoms with E-state index in [0.29, 0.717) is 42.9 Å². The summed E-state index contributed by atoms with van der Waals surface area (Å²) in [5, 5.41) is 13.7. The number of hydrogen-bond acceptors (Lipinski definition) is 7. The lowest BCUT2D eigenvalue weighted by molar-refractivity contribution is -0.131. The van der Waals surface area contributed by atoms with Crippen molar-refractivity contribution in [2.45, 2.75) is 32.0 Å². The number of ether oxygens (including phenoxy) is 2. The second-order valence-corrected chi connectivity index (χ2v) is 11.0. The van der Waals surface area contributed by atoms with E-state index in [0.717, 1.165) is 54.4 Å². The zero-order chi connectivity index (χ0) is 29.6. The normalized spacial score (nSPS) is 16.5. The second kappa shape index (κ2) is 13.1. The van der Waals surface area contributed by atoms with Crippen LogP contribution in [0, 0.1) is 0 Å². The van der Waals surface area contributed by atoms with Gasteiger partial charge < -0.3 is 29.9 Å². The fraction of sp³-hybridized carbons (Fsp3) is 0.303. The minimum Gasteiger partial charge on any atom is -0.494 e. The van der Waals surface area contributed by atoms with Gasteiger partial charge in [0.25, 0.3) is 5.91 Å². The lowest BCUT2D eigenvalue weighted by Gasteiger charge is -2.30. The number of H-pyrrole nitrogens is 1. The first-order valence-electron chi connectivity index (χ1n) is 14.6. The van der Waals surface area contributed by atoms with Gasteiger partial charge in [0.2, 0.25) is 5.91 Å². The number of likely N-dealkylation sites (N-methyl/N-ethyl adjacent to an activating group) is 1. The molecule has 222 valence electrons. The van der Waals surface area contributed by atoms with Crippen LogP contribution in [-0.4, -0.2) is 71.1 Å². The maximum Gasteiger partial charge on any atom is 0.256 e. The molecule has 4 aromatic rings. The molecule has 10 heteroatoms. The van der Waals surface area contributed by atoms with E-state index in [-0.39, 0.29) is 18.2 Å². The van der Waals surface area contributed by atoms with Crippen LogP contribution >= 0.6 is 0 Å². The Hall–Kier alpha value is -4.67. The molecule has 3 N–H and O–H groups in total. The molecule has 3 aromatic carbocycles. The lowest BCUT2D eigenvalue weighted by Crippen LogP contribution is -2.49. The third-order valence-electron chi connectivity index (χ3n) is 7.80. The van der Waals surface area contributed by atoms with Gasteiger partial charge >= 0.3 is 0 Å². The van der Waals surface area contributed by atoms with Crippen LogP contribution in [0.15, 0.2) is 78.9 Å². The number of aromatic nitrogens is 2. The molecule has 2 aliphatic heterocycles. The number of anilines is 1. The number of fused-ring (bicyclic) bond motifs is 1. The van der Waals surface area contributed by atoms with Crippen LogP contribution in [0.3, 0.4) is 0 Å². The Bertz CT molecular complexity index is 1540. The number of piperazine rings is 1. The highest BCUT2D eigenvalue weighted by Crippen LogP contribution is 2.28. The molecule has 0 aliphatic carbocycles. The first-order chi connectivity index (χ1) is 21.0. The number of benzene rings is 3. The molecular formula is C33H36N6O4. The summed E-state index contributed by atoms with van der Waals surface area (Å²) in [6, 6.07) is 24.6. The largest absolute Gasteiger partial charge is 0.494 e. The first kappa shape index (κ1) is 28.4. The standard InChI is InChI=1S/C33H36N6O4/c1-38-17-16-34-25(20-38)15-18-42-26-11-7-23(8-12-26)19-31(40)39-21-29-30(22-39)36-37-32(29)35-33(41)24-9-13-28(14-10-24)43-27-5-3-2-4-6-27/h2-14,25,34H,15-22H2,1H3,(H2,35,36,37,41). The van der Waals surface area contributed by atoms with Crippen molar-refractivity contribution in [1.82, 2.24) is 25.3 Å². The highest BCUT2D eigenvalue weighted by molar-refractivity contribution is 6.04. The third-order valence-corrected chi connectivity index (χ3v) is 7.80. The summed E-state index contributed by atoms with van der Waals surface area (Å²) < 4.78 is 11.7. The maximum absolute atomic E-state index is 13.1. The smallest absolute Gasteiger partial charge is 0.256 e. The van der Waals surface area contributed by atoms with Crippen LogP contribution < -0.4 is 20.1 Å². The van der Waals surface area contributed by atoms with Crippen molar-refractivity contribution in [3.63, 3.8) is 0 Å². The fourth-order valence-electron chi connectivity index (χ4n) is 5.39. The van der Waals surface area contributed by atoms with Gasteiger partial charge in [-0.3, -0.25) is 14.7 Å². The minimum absolute atomic E-state index is 0.0112. The van der Waals surface area contributed by atoms with Crippen molar-refractivity contribution < 1.29 is 19.1 Å². The summed E-state index contributed by atoms with van der Waals surface area (Å²) in [7, 11) is 2.14. The number of nitrogens with one attached hydrogen (secondary N) is 3. The van der Waals surface area contributed by atoms with Gasteiger partial charge in [0.15, 0.2) is 5.82 Å². The van der Waals surface area contributed by atoms with Crippen molar-refractivity contribution >= 4 is 17.6 Å². The molecule has 0 bridgehead atoms. The van der Waals surface area contributed by atoms with E-state index in [4.69, 9.17) is 9.47 Å². The van der Waals surface area contributed by atoms with Gasteiger partial charge in [0.1, 0.15) is 17.2 Å². The molecular weight excluding hydrogens is 544 g/mol. The molecule has 6 rings (SSSR count). The third kappa shape index (κ3) is 7.22. The first-order valence-corrected chi connectivity index (χ1v) is 14.6. The van der Waals surface area contributed by atoms with Crippen LogP contribution in [-0.2, 0) is 24.3 Å². The van der Waals surface area contributed by atoms with Gasteiger partial charge in [0, 0.05) is 36.8 Å². The molecule has 0 saturated carbocycles. The second-order valence-electron chi connectivity index (χ2n) is 11.0. The van der Waals surface area contributed by atoms with Crippen molar-refractivity contribution in [3.05, 3.63) is 101 Å². The van der Waals surface area contributed by atoms with E-state index >= 15 is 0 Å². The number of carbonyl (C=O) groups excluding carboxylic acids is 2. The average Bonchev–Trinajstić information content (AvgIpc) is 3.61. The highest BCUT2D eigenvalue weighted by Gasteiger charge is 2.29. The Labute approximate surface area is 251 Å². The fourth-order valence-corrected chi connectivity index (χ4v) is 5.39. The molecule has 1 atom stereocenters. The topological polar surface area (TPSA) is 112 Å². The van der Waals surface area contributed by atoms with Crippen molar-refractivity contribution in [1.29, 1.82) is 0 Å². The van der Waals surface area contributed by atoms with E-state index in [1.165, 1.54) is 0 Å². The molecule has 3 heterocycles. The van der Waals surface area contributed by atoms with Crippen LogP contribution in [0.2, 0.25) is 0 Å². The summed E-state index contributed by atoms with van der Waals surface area (Å²) in [4.78, 5) is 30.1. The maximum atomic E-state index is 13.1. The quantitative estimate of drug-likeness (QED) is 0.258. The van der Waals surface area contributed by atoms with Gasteiger partial charge in [-0.1, -0.05) is 30.3 Å². The molecule has 1 saturated heterocycles. The average molecular weight is 581 g/mol. The molecule has 2 aliphatic rings. The summed E-state index contributed by atoms with van der Waals surface area (Å²) in [6.07, 6.45) is 1.24. The van der Waals surface area contributed by atoms with Crippen LogP contribution in [0.5, 0.6) is 17.2 Å². The number of aromatic amines is 1. The number of rotatable bonds is 10. The highest BCUT2D eigenvalue weighted by atomic mass is 16.5. The van der Waals surface area contributed by atoms with Gasteiger partial charge in [-0.25, -0.2) is 0 Å². The van der Waals surface area contributed by atoms with E-state index in [1.54, 1.807) is 29.2 Å². The van der Waals surface area contributed by atoms with Crippen molar-refractivity contribution in [3.8, 4) is 17.2 Å². The van der Waals surface area contributed by atoms with E-state index in [9.17, 15) is 9.59 Å². The van der Waals surface area contributed by atoms with Gasteiger partial charge in [-0.05, 0) is 67.6 Å². The predicted molar refractivity (Wildman–Crippen MR) is 163 cm³/mol. The van der Waals surface area contributed by atoms with E-state index < -0.39 is 0 Å². The molecule has 1 unspecified atom stereocenters. The van der Waals surface area contributed by atoms with Crippen molar-refractivity contribution in [2.24, 2.45) is 0 Å².